The summed E-state index contributed by atoms with van der Waals surface area (Å²) in [6.45, 7) is 1.83. The van der Waals surface area contributed by atoms with E-state index in [-0.39, 0.29) is 31.1 Å². The predicted molar refractivity (Wildman–Crippen MR) is 121 cm³/mol. The van der Waals surface area contributed by atoms with Crippen molar-refractivity contribution in [3.8, 4) is 11.8 Å². The van der Waals surface area contributed by atoms with Gasteiger partial charge < -0.3 is 19.2 Å². The van der Waals surface area contributed by atoms with Gasteiger partial charge in [-0.05, 0) is 41.8 Å². The maximum atomic E-state index is 13.3. The number of aromatic amines is 1. The molecule has 0 spiro atoms. The number of nitrogens with zero attached hydrogens (tertiary/aromatic N) is 3. The number of aromatic nitrogens is 1. The molecule has 2 aromatic carbocycles. The number of oxazole rings is 1. The molecule has 4 rings (SSSR count). The standard InChI is InChI=1S/C24H26N4O5/c1-27(23(30)12-16-5-6-22-20(11-16)26-24(31)33-22)21(15-28-9-7-18(29)14-28)17-3-2-4-19(13-17)32-10-8-25/h2-6,11,13,18,21,29H,7,9-10,12,14-15H2,1H3,(H,26,31)/t18-,21?/m0/s1. The van der Waals surface area contributed by atoms with E-state index >= 15 is 0 Å². The molecule has 1 aliphatic heterocycles. The molecule has 0 bridgehead atoms. The van der Waals surface area contributed by atoms with E-state index in [1.54, 1.807) is 36.2 Å². The van der Waals surface area contributed by atoms with Crippen LogP contribution >= 0.6 is 0 Å². The highest BCUT2D eigenvalue weighted by atomic mass is 16.5. The van der Waals surface area contributed by atoms with Crippen LogP contribution in [0.3, 0.4) is 0 Å². The number of rotatable bonds is 8. The number of aliphatic hydroxyl groups is 1. The molecule has 1 fully saturated rings. The first-order valence-electron chi connectivity index (χ1n) is 10.8. The fourth-order valence-corrected chi connectivity index (χ4v) is 4.18. The quantitative estimate of drug-likeness (QED) is 0.537. The van der Waals surface area contributed by atoms with Crippen molar-refractivity contribution in [2.45, 2.75) is 25.0 Å². The summed E-state index contributed by atoms with van der Waals surface area (Å²) in [6, 6.07) is 14.3. The number of likely N-dealkylation sites (N-methyl/N-ethyl adjacent to an activating group) is 1. The van der Waals surface area contributed by atoms with Gasteiger partial charge in [-0.2, -0.15) is 5.26 Å². The highest BCUT2D eigenvalue weighted by Gasteiger charge is 2.28. The van der Waals surface area contributed by atoms with Crippen molar-refractivity contribution in [3.63, 3.8) is 0 Å². The maximum Gasteiger partial charge on any atom is 0.417 e. The third-order valence-electron chi connectivity index (χ3n) is 5.92. The van der Waals surface area contributed by atoms with E-state index in [0.717, 1.165) is 17.7 Å². The number of H-pyrrole nitrogens is 1. The Morgan fingerprint density at radius 3 is 3.00 bits per heavy atom. The Labute approximate surface area is 190 Å². The van der Waals surface area contributed by atoms with E-state index in [9.17, 15) is 14.7 Å². The number of aliphatic hydroxyl groups excluding tert-OH is 1. The molecule has 1 saturated heterocycles. The average molecular weight is 450 g/mol. The van der Waals surface area contributed by atoms with Crippen LogP contribution in [-0.4, -0.2) is 65.2 Å². The van der Waals surface area contributed by atoms with E-state index in [4.69, 9.17) is 14.4 Å². The normalized spacial score (nSPS) is 17.1. The number of likely N-dealkylation sites (tertiary alicyclic amines) is 1. The Kier molecular flexibility index (Phi) is 6.77. The summed E-state index contributed by atoms with van der Waals surface area (Å²) in [5, 5.41) is 18.8. The molecule has 9 heteroatoms. The Morgan fingerprint density at radius 2 is 2.24 bits per heavy atom. The van der Waals surface area contributed by atoms with Crippen molar-refractivity contribution in [1.29, 1.82) is 5.26 Å². The van der Waals surface area contributed by atoms with Crippen molar-refractivity contribution >= 4 is 17.0 Å². The Morgan fingerprint density at radius 1 is 1.39 bits per heavy atom. The van der Waals surface area contributed by atoms with Gasteiger partial charge in [-0.25, -0.2) is 4.79 Å². The van der Waals surface area contributed by atoms with E-state index in [2.05, 4.69) is 9.88 Å². The molecule has 2 N–H and O–H groups in total. The number of hydrogen-bond acceptors (Lipinski definition) is 7. The molecule has 0 aliphatic carbocycles. The third-order valence-corrected chi connectivity index (χ3v) is 5.92. The summed E-state index contributed by atoms with van der Waals surface area (Å²) in [6.07, 6.45) is 0.503. The fraction of sp³-hybridized carbons (Fsp3) is 0.375. The third kappa shape index (κ3) is 5.42. The summed E-state index contributed by atoms with van der Waals surface area (Å²) in [7, 11) is 1.76. The molecule has 0 saturated carbocycles. The van der Waals surface area contributed by atoms with Gasteiger partial charge in [-0.15, -0.1) is 0 Å². The number of fused-ring (bicyclic) bond motifs is 1. The summed E-state index contributed by atoms with van der Waals surface area (Å²) < 4.78 is 10.5. The Hall–Kier alpha value is -3.61. The molecular weight excluding hydrogens is 424 g/mol. The number of amides is 1. The first-order valence-corrected chi connectivity index (χ1v) is 10.8. The first-order chi connectivity index (χ1) is 15.9. The summed E-state index contributed by atoms with van der Waals surface area (Å²) in [4.78, 5) is 31.1. The summed E-state index contributed by atoms with van der Waals surface area (Å²) in [5.74, 6) is -0.0547. The molecule has 1 amide bonds. The SMILES string of the molecule is CN(C(=O)Cc1ccc2oc(=O)[nH]c2c1)C(CN1CC[C@H](O)C1)c1cccc(OCC#N)c1. The number of carbonyl (C=O) groups excluding carboxylic acids is 1. The van der Waals surface area contributed by atoms with E-state index in [0.29, 0.717) is 36.4 Å². The molecule has 9 nitrogen and oxygen atoms in total. The number of nitrogens with one attached hydrogen (secondary N) is 1. The van der Waals surface area contributed by atoms with E-state index in [1.165, 1.54) is 0 Å². The predicted octanol–water partition coefficient (Wildman–Crippen LogP) is 1.83. The molecule has 1 unspecified atom stereocenters. The second-order valence-corrected chi connectivity index (χ2v) is 8.26. The van der Waals surface area contributed by atoms with Crippen molar-refractivity contribution in [3.05, 3.63) is 64.1 Å². The zero-order valence-corrected chi connectivity index (χ0v) is 18.4. The van der Waals surface area contributed by atoms with Gasteiger partial charge in [0.15, 0.2) is 12.2 Å². The van der Waals surface area contributed by atoms with E-state index in [1.807, 2.05) is 24.3 Å². The monoisotopic (exact) mass is 450 g/mol. The van der Waals surface area contributed by atoms with Crippen molar-refractivity contribution in [2.75, 3.05) is 33.3 Å². The molecular formula is C24H26N4O5. The average Bonchev–Trinajstić information content (AvgIpc) is 3.39. The topological polar surface area (TPSA) is 123 Å². The van der Waals surface area contributed by atoms with Crippen LogP contribution in [0, 0.1) is 11.3 Å². The van der Waals surface area contributed by atoms with Gasteiger partial charge in [-0.1, -0.05) is 18.2 Å². The van der Waals surface area contributed by atoms with Gasteiger partial charge in [0.1, 0.15) is 11.8 Å². The first kappa shape index (κ1) is 22.6. The highest BCUT2D eigenvalue weighted by molar-refractivity contribution is 5.81. The van der Waals surface area contributed by atoms with Crippen LogP contribution in [0.4, 0.5) is 0 Å². The van der Waals surface area contributed by atoms with Crippen LogP contribution in [0.25, 0.3) is 11.1 Å². The Balaban J connectivity index is 1.55. The molecule has 0 radical (unpaired) electrons. The zero-order valence-electron chi connectivity index (χ0n) is 18.4. The number of hydrogen-bond donors (Lipinski definition) is 2. The van der Waals surface area contributed by atoms with Crippen LogP contribution in [0.1, 0.15) is 23.6 Å². The number of ether oxygens (including phenoxy) is 1. The van der Waals surface area contributed by atoms with Crippen LogP contribution in [0.5, 0.6) is 5.75 Å². The molecule has 2 atom stereocenters. The number of benzene rings is 2. The Bertz CT molecular complexity index is 1230. The second kappa shape index (κ2) is 9.90. The largest absolute Gasteiger partial charge is 0.479 e. The summed E-state index contributed by atoms with van der Waals surface area (Å²) >= 11 is 0. The molecule has 3 aromatic rings. The van der Waals surface area contributed by atoms with Crippen LogP contribution < -0.4 is 10.5 Å². The molecule has 2 heterocycles. The maximum absolute atomic E-state index is 13.3. The van der Waals surface area contributed by atoms with Gasteiger partial charge in [0.25, 0.3) is 0 Å². The molecule has 1 aromatic heterocycles. The number of carbonyl (C=O) groups is 1. The lowest BCUT2D eigenvalue weighted by atomic mass is 10.0. The van der Waals surface area contributed by atoms with Gasteiger partial charge in [0.2, 0.25) is 5.91 Å². The lowest BCUT2D eigenvalue weighted by molar-refractivity contribution is -0.131. The minimum absolute atomic E-state index is 0.0558. The zero-order chi connectivity index (χ0) is 23.4. The van der Waals surface area contributed by atoms with Crippen LogP contribution in [-0.2, 0) is 11.2 Å². The highest BCUT2D eigenvalue weighted by Crippen LogP contribution is 2.27. The molecule has 1 aliphatic rings. The minimum Gasteiger partial charge on any atom is -0.479 e. The number of nitriles is 1. The van der Waals surface area contributed by atoms with Gasteiger partial charge in [-0.3, -0.25) is 14.7 Å². The molecule has 33 heavy (non-hydrogen) atoms. The van der Waals surface area contributed by atoms with E-state index < -0.39 is 5.76 Å². The molecule has 172 valence electrons. The van der Waals surface area contributed by atoms with Crippen molar-refractivity contribution < 1.29 is 19.1 Å². The second-order valence-electron chi connectivity index (χ2n) is 8.26. The smallest absolute Gasteiger partial charge is 0.417 e. The lowest BCUT2D eigenvalue weighted by Crippen LogP contribution is -2.39. The van der Waals surface area contributed by atoms with Crippen molar-refractivity contribution in [1.82, 2.24) is 14.8 Å². The van der Waals surface area contributed by atoms with Gasteiger partial charge in [0, 0.05) is 26.7 Å². The van der Waals surface area contributed by atoms with Gasteiger partial charge in [0.05, 0.1) is 24.1 Å². The minimum atomic E-state index is -0.531. The van der Waals surface area contributed by atoms with Crippen LogP contribution in [0.15, 0.2) is 51.7 Å². The fourth-order valence-electron chi connectivity index (χ4n) is 4.18. The lowest BCUT2D eigenvalue weighted by Gasteiger charge is -2.32. The number of β-amino-alcohol motifs (C(OH)–C–C–N with tert-alkyl or cyclic N) is 1. The van der Waals surface area contributed by atoms with Crippen molar-refractivity contribution in [2.24, 2.45) is 0 Å². The van der Waals surface area contributed by atoms with Crippen LogP contribution in [0.2, 0.25) is 0 Å². The summed E-state index contributed by atoms with van der Waals surface area (Å²) in [5.41, 5.74) is 2.65. The van der Waals surface area contributed by atoms with Gasteiger partial charge >= 0.3 is 5.76 Å².